The van der Waals surface area contributed by atoms with E-state index in [1.54, 1.807) is 50.3 Å². The first-order valence-electron chi connectivity index (χ1n) is 11.5. The number of benzene rings is 2. The van der Waals surface area contributed by atoms with E-state index in [0.717, 1.165) is 0 Å². The van der Waals surface area contributed by atoms with Gasteiger partial charge in [0.15, 0.2) is 16.3 Å². The molecule has 2 aromatic carbocycles. The Hall–Kier alpha value is -3.72. The molecule has 0 saturated heterocycles. The van der Waals surface area contributed by atoms with E-state index in [1.807, 2.05) is 13.8 Å². The van der Waals surface area contributed by atoms with Gasteiger partial charge in [0, 0.05) is 0 Å². The van der Waals surface area contributed by atoms with Crippen LogP contribution in [0.15, 0.2) is 63.5 Å². The molecule has 0 saturated carbocycles. The predicted molar refractivity (Wildman–Crippen MR) is 136 cm³/mol. The van der Waals surface area contributed by atoms with E-state index in [0.29, 0.717) is 37.7 Å². The Bertz CT molecular complexity index is 1500. The summed E-state index contributed by atoms with van der Waals surface area (Å²) in [5, 5.41) is 0. The summed E-state index contributed by atoms with van der Waals surface area (Å²) in [6, 6.07) is 10.4. The average molecular weight is 511 g/mol. The third-order valence-electron chi connectivity index (χ3n) is 5.55. The summed E-state index contributed by atoms with van der Waals surface area (Å²) in [6.07, 6.45) is 1.62. The summed E-state index contributed by atoms with van der Waals surface area (Å²) in [5.74, 6) is 0.131. The van der Waals surface area contributed by atoms with Crippen LogP contribution in [-0.2, 0) is 9.53 Å². The fourth-order valence-electron chi connectivity index (χ4n) is 4.02. The van der Waals surface area contributed by atoms with Crippen molar-refractivity contribution in [1.29, 1.82) is 0 Å². The molecule has 4 rings (SSSR count). The fourth-order valence-corrected chi connectivity index (χ4v) is 5.07. The van der Waals surface area contributed by atoms with E-state index in [2.05, 4.69) is 4.99 Å². The molecule has 0 bridgehead atoms. The standard InChI is InChI=1S/C27H27FN2O5S/c1-6-34-26(32)23-16(4)29-27-30(25(31)22(36-27)13-17-7-10-19(28)11-8-17)24(23)18-9-12-20(35-15(2)3)21(14-18)33-5/h7-15,24H,6H2,1-5H3/b22-13-/t24-/m0/s1. The summed E-state index contributed by atoms with van der Waals surface area (Å²) in [7, 11) is 1.54. The summed E-state index contributed by atoms with van der Waals surface area (Å²) in [5.41, 5.74) is 1.75. The highest BCUT2D eigenvalue weighted by Gasteiger charge is 2.34. The normalized spacial score (nSPS) is 15.5. The van der Waals surface area contributed by atoms with Gasteiger partial charge in [0.2, 0.25) is 0 Å². The van der Waals surface area contributed by atoms with Gasteiger partial charge in [-0.05, 0) is 69.2 Å². The van der Waals surface area contributed by atoms with Crippen LogP contribution >= 0.6 is 11.3 Å². The second kappa shape index (κ2) is 10.5. The minimum atomic E-state index is -0.780. The third kappa shape index (κ3) is 4.97. The largest absolute Gasteiger partial charge is 0.493 e. The van der Waals surface area contributed by atoms with Crippen LogP contribution in [0.3, 0.4) is 0 Å². The lowest BCUT2D eigenvalue weighted by Crippen LogP contribution is -2.40. The summed E-state index contributed by atoms with van der Waals surface area (Å²) < 4.78 is 32.0. The predicted octanol–water partition coefficient (Wildman–Crippen LogP) is 3.73. The minimum Gasteiger partial charge on any atom is -0.493 e. The summed E-state index contributed by atoms with van der Waals surface area (Å²) in [6.45, 7) is 7.46. The number of carbonyl (C=O) groups excluding carboxylic acids is 1. The number of rotatable bonds is 7. The molecule has 1 atom stereocenters. The van der Waals surface area contributed by atoms with Crippen LogP contribution < -0.4 is 24.4 Å². The van der Waals surface area contributed by atoms with Crippen molar-refractivity contribution in [2.24, 2.45) is 4.99 Å². The number of aromatic nitrogens is 1. The van der Waals surface area contributed by atoms with Crippen LogP contribution in [0.25, 0.3) is 6.08 Å². The van der Waals surface area contributed by atoms with Crippen LogP contribution in [0.5, 0.6) is 11.5 Å². The molecule has 7 nitrogen and oxygen atoms in total. The molecule has 1 aliphatic rings. The maximum atomic E-state index is 13.6. The first kappa shape index (κ1) is 25.4. The zero-order chi connectivity index (χ0) is 26.0. The second-order valence-electron chi connectivity index (χ2n) is 8.43. The smallest absolute Gasteiger partial charge is 0.338 e. The third-order valence-corrected chi connectivity index (χ3v) is 6.53. The summed E-state index contributed by atoms with van der Waals surface area (Å²) >= 11 is 1.20. The molecule has 1 aliphatic heterocycles. The van der Waals surface area contributed by atoms with E-state index in [4.69, 9.17) is 14.2 Å². The zero-order valence-corrected chi connectivity index (χ0v) is 21.5. The molecule has 0 aliphatic carbocycles. The molecule has 3 aromatic rings. The first-order chi connectivity index (χ1) is 17.2. The molecule has 0 unspecified atom stereocenters. The number of fused-ring (bicyclic) bond motifs is 1. The van der Waals surface area contributed by atoms with Gasteiger partial charge in [-0.3, -0.25) is 9.36 Å². The molecule has 36 heavy (non-hydrogen) atoms. The van der Waals surface area contributed by atoms with Gasteiger partial charge in [-0.25, -0.2) is 14.2 Å². The molecular formula is C27H27FN2O5S. The quantitative estimate of drug-likeness (QED) is 0.453. The van der Waals surface area contributed by atoms with Gasteiger partial charge in [-0.1, -0.05) is 29.5 Å². The highest BCUT2D eigenvalue weighted by molar-refractivity contribution is 7.07. The number of hydrogen-bond acceptors (Lipinski definition) is 7. The average Bonchev–Trinajstić information content (AvgIpc) is 3.14. The lowest BCUT2D eigenvalue weighted by atomic mass is 9.95. The maximum absolute atomic E-state index is 13.6. The number of esters is 1. The Morgan fingerprint density at radius 1 is 1.19 bits per heavy atom. The zero-order valence-electron chi connectivity index (χ0n) is 20.7. The van der Waals surface area contributed by atoms with Crippen molar-refractivity contribution >= 4 is 23.4 Å². The molecule has 188 valence electrons. The Morgan fingerprint density at radius 2 is 1.92 bits per heavy atom. The van der Waals surface area contributed by atoms with E-state index < -0.39 is 12.0 Å². The number of nitrogens with zero attached hydrogens (tertiary/aromatic N) is 2. The van der Waals surface area contributed by atoms with Crippen molar-refractivity contribution in [3.05, 3.63) is 90.4 Å². The van der Waals surface area contributed by atoms with Crippen LogP contribution in [0, 0.1) is 5.82 Å². The highest BCUT2D eigenvalue weighted by atomic mass is 32.1. The van der Waals surface area contributed by atoms with E-state index in [9.17, 15) is 14.0 Å². The van der Waals surface area contributed by atoms with Crippen LogP contribution in [0.1, 0.15) is 44.9 Å². The van der Waals surface area contributed by atoms with Gasteiger partial charge < -0.3 is 14.2 Å². The van der Waals surface area contributed by atoms with Crippen molar-refractivity contribution in [3.8, 4) is 11.5 Å². The number of thiazole rings is 1. The van der Waals surface area contributed by atoms with Crippen LogP contribution in [0.4, 0.5) is 4.39 Å². The van der Waals surface area contributed by atoms with E-state index in [-0.39, 0.29) is 29.7 Å². The van der Waals surface area contributed by atoms with Gasteiger partial charge in [-0.15, -0.1) is 0 Å². The molecule has 1 aromatic heterocycles. The highest BCUT2D eigenvalue weighted by Crippen LogP contribution is 2.36. The topological polar surface area (TPSA) is 79.1 Å². The lowest BCUT2D eigenvalue weighted by Gasteiger charge is -2.25. The fraction of sp³-hybridized carbons (Fsp3) is 0.296. The van der Waals surface area contributed by atoms with Crippen molar-refractivity contribution in [3.63, 3.8) is 0 Å². The van der Waals surface area contributed by atoms with Gasteiger partial charge >= 0.3 is 5.97 Å². The van der Waals surface area contributed by atoms with Crippen molar-refractivity contribution in [2.45, 2.75) is 39.8 Å². The molecule has 0 N–H and O–H groups in total. The maximum Gasteiger partial charge on any atom is 0.338 e. The SMILES string of the molecule is CCOC(=O)C1=C(C)N=c2s/c(=C\c3ccc(F)cc3)c(=O)n2[C@H]1c1ccc(OC(C)C)c(OC)c1. The van der Waals surface area contributed by atoms with Crippen LogP contribution in [-0.4, -0.2) is 30.4 Å². The van der Waals surface area contributed by atoms with Gasteiger partial charge in [0.1, 0.15) is 5.82 Å². The summed E-state index contributed by atoms with van der Waals surface area (Å²) in [4.78, 5) is 31.7. The Labute approximate surface area is 211 Å². The second-order valence-corrected chi connectivity index (χ2v) is 9.44. The molecule has 0 radical (unpaired) electrons. The Kier molecular flexibility index (Phi) is 7.40. The number of carbonyl (C=O) groups is 1. The number of allylic oxidation sites excluding steroid dienone is 1. The number of halogens is 1. The number of methoxy groups -OCH3 is 1. The molecular weight excluding hydrogens is 483 g/mol. The number of ether oxygens (including phenoxy) is 3. The van der Waals surface area contributed by atoms with Gasteiger partial charge in [-0.2, -0.15) is 0 Å². The lowest BCUT2D eigenvalue weighted by molar-refractivity contribution is -0.139. The molecule has 9 heteroatoms. The number of hydrogen-bond donors (Lipinski definition) is 0. The monoisotopic (exact) mass is 510 g/mol. The Morgan fingerprint density at radius 3 is 2.56 bits per heavy atom. The van der Waals surface area contributed by atoms with Crippen molar-refractivity contribution < 1.29 is 23.4 Å². The minimum absolute atomic E-state index is 0.0638. The molecule has 0 fully saturated rings. The van der Waals surface area contributed by atoms with Gasteiger partial charge in [0.25, 0.3) is 5.56 Å². The van der Waals surface area contributed by atoms with E-state index >= 15 is 0 Å². The van der Waals surface area contributed by atoms with Gasteiger partial charge in [0.05, 0.1) is 41.7 Å². The Balaban J connectivity index is 1.94. The van der Waals surface area contributed by atoms with Crippen LogP contribution in [0.2, 0.25) is 0 Å². The first-order valence-corrected chi connectivity index (χ1v) is 12.3. The van der Waals surface area contributed by atoms with Crippen molar-refractivity contribution in [1.82, 2.24) is 4.57 Å². The molecule has 2 heterocycles. The molecule has 0 spiro atoms. The van der Waals surface area contributed by atoms with Crippen molar-refractivity contribution in [2.75, 3.05) is 13.7 Å². The molecule has 0 amide bonds. The van der Waals surface area contributed by atoms with E-state index in [1.165, 1.54) is 35.1 Å².